The number of hydrogen-bond acceptors (Lipinski definition) is 21. The minimum absolute atomic E-state index is 0.0628. The van der Waals surface area contributed by atoms with Gasteiger partial charge >= 0.3 is 63.2 Å². The second kappa shape index (κ2) is 20.2. The number of diazo groups is 4. The van der Waals surface area contributed by atoms with Crippen molar-refractivity contribution in [1.82, 2.24) is 0 Å². The minimum Gasteiger partial charge on any atom is -0.501 e. The molecule has 0 unspecified atom stereocenters. The van der Waals surface area contributed by atoms with Gasteiger partial charge in [-0.05, 0) is 72.8 Å². The van der Waals surface area contributed by atoms with Crippen LogP contribution in [-0.4, -0.2) is 59.9 Å². The largest absolute Gasteiger partial charge is 0.501 e. The fourth-order valence-electron chi connectivity index (χ4n) is 8.84. The van der Waals surface area contributed by atoms with Crippen molar-refractivity contribution in [2.75, 3.05) is 0 Å². The highest BCUT2D eigenvalue weighted by Crippen LogP contribution is 2.48. The topological polar surface area (TPSA) is 384 Å². The number of aromatic hydroxyl groups is 4. The molecule has 10 rings (SSSR count). The van der Waals surface area contributed by atoms with Gasteiger partial charge < -0.3 is 37.2 Å². The minimum atomic E-state index is -5.56. The van der Waals surface area contributed by atoms with E-state index in [4.69, 9.17) is 16.7 Å². The number of ketones is 1. The Morgan fingerprint density at radius 3 is 1.05 bits per heavy atom. The smallest absolute Gasteiger partial charge is 0.426 e. The SMILES string of the molecule is N#[N+]c1ccc2c(S(=O)(=O)Oc3cccc(C(=O)c4ccc(OS(=O)(=O)c5cccc6c(O)c([N+]#N)ccc56)c(OS(=O)(=O)c5cccc6c(O)c([N+]#N)ccc56)c4OS(=O)(=O)c4cccc5c(O)c([N+]#N)ccc45)c3)cccc2c1O. The van der Waals surface area contributed by atoms with Gasteiger partial charge in [-0.1, -0.05) is 60.7 Å². The number of carbonyl (C=O) groups is 1. The van der Waals surface area contributed by atoms with E-state index in [1.807, 2.05) is 0 Å². The predicted molar refractivity (Wildman–Crippen MR) is 289 cm³/mol. The lowest BCUT2D eigenvalue weighted by molar-refractivity contribution is 0.103. The van der Waals surface area contributed by atoms with Crippen LogP contribution < -0.4 is 16.7 Å². The number of phenolic OH excluding ortho intramolecular Hbond substituents is 4. The predicted octanol–water partition coefficient (Wildman–Crippen LogP) is 11.4. The number of nitrogens with zero attached hydrogens (tertiary/aromatic N) is 8. The molecule has 0 heterocycles. The molecule has 0 spiro atoms. The summed E-state index contributed by atoms with van der Waals surface area (Å²) in [5.74, 6) is -8.67. The van der Waals surface area contributed by atoms with Crippen LogP contribution >= 0.6 is 0 Å². The third-order valence-corrected chi connectivity index (χ3v) is 17.8. The van der Waals surface area contributed by atoms with E-state index in [1.165, 1.54) is 36.4 Å². The molecule has 0 aliphatic heterocycles. The van der Waals surface area contributed by atoms with Gasteiger partial charge in [0.05, 0.1) is 5.56 Å². The standard InChI is InChI=1S/C53H26N8O17S4/c54-58-38-21-16-29-33(48(38)63)8-2-12-43(29)79(67,68)75-28-7-1-6-27(26-28)47(62)37-20-25-42(76-80(69,70)44-13-3-9-34-30(44)17-22-39(59-55)49(34)64)53(78-82(73,74)46-15-5-11-36-32(46)19-24-41(61-57)51(36)66)52(37)77-81(71,72)45-14-4-10-35-31(45)18-23-40(60-56)50(35)65/h1-26H/p+4. The molecule has 0 atom stereocenters. The van der Waals surface area contributed by atoms with Crippen molar-refractivity contribution in [2.24, 2.45) is 0 Å². The van der Waals surface area contributed by atoms with Crippen molar-refractivity contribution in [1.29, 1.82) is 21.6 Å². The molecule has 0 saturated heterocycles. The summed E-state index contributed by atoms with van der Waals surface area (Å²) in [6, 6.07) is 28.0. The second-order valence-electron chi connectivity index (χ2n) is 17.3. The molecule has 10 aromatic carbocycles. The van der Waals surface area contributed by atoms with Crippen LogP contribution in [0.25, 0.3) is 63.0 Å². The number of carbonyl (C=O) groups excluding carboxylic acids is 1. The number of benzene rings is 10. The first kappa shape index (κ1) is 54.2. The van der Waals surface area contributed by atoms with Gasteiger partial charge in [0.1, 0.15) is 25.3 Å². The Balaban J connectivity index is 1.19. The Morgan fingerprint density at radius 2 is 0.683 bits per heavy atom. The first-order chi connectivity index (χ1) is 39.0. The van der Waals surface area contributed by atoms with E-state index >= 15 is 4.79 Å². The molecule has 0 saturated carbocycles. The first-order valence-electron chi connectivity index (χ1n) is 23.0. The van der Waals surface area contributed by atoms with E-state index in [1.54, 1.807) is 0 Å². The normalized spacial score (nSPS) is 11.8. The van der Waals surface area contributed by atoms with E-state index < -0.39 is 134 Å². The van der Waals surface area contributed by atoms with Crippen molar-refractivity contribution in [3.63, 3.8) is 0 Å². The van der Waals surface area contributed by atoms with Crippen molar-refractivity contribution in [3.05, 3.63) is 189 Å². The molecule has 0 amide bonds. The molecule has 0 bridgehead atoms. The highest BCUT2D eigenvalue weighted by Gasteiger charge is 2.37. The fraction of sp³-hybridized carbons (Fsp3) is 0. The van der Waals surface area contributed by atoms with E-state index in [2.05, 4.69) is 19.9 Å². The lowest BCUT2D eigenvalue weighted by atomic mass is 10.0. The summed E-state index contributed by atoms with van der Waals surface area (Å²) in [7, 11) is -21.4. The molecule has 0 radical (unpaired) electrons. The highest BCUT2D eigenvalue weighted by molar-refractivity contribution is 7.88. The molecule has 0 aromatic heterocycles. The number of phenols is 4. The zero-order valence-corrected chi connectivity index (χ0v) is 44.1. The zero-order chi connectivity index (χ0) is 58.6. The van der Waals surface area contributed by atoms with Crippen molar-refractivity contribution in [2.45, 2.75) is 19.6 Å². The number of rotatable bonds is 14. The summed E-state index contributed by atoms with van der Waals surface area (Å²) < 4.78 is 139. The van der Waals surface area contributed by atoms with E-state index in [-0.39, 0.29) is 54.5 Å². The van der Waals surface area contributed by atoms with Gasteiger partial charge in [0.25, 0.3) is 0 Å². The quantitative estimate of drug-likeness (QED) is 0.0446. The summed E-state index contributed by atoms with van der Waals surface area (Å²) >= 11 is 0. The van der Waals surface area contributed by atoms with E-state index in [0.29, 0.717) is 6.07 Å². The van der Waals surface area contributed by atoms with Gasteiger partial charge in [-0.2, -0.15) is 33.7 Å². The average Bonchev–Trinajstić information content (AvgIpc) is 3.46. The molecule has 4 N–H and O–H groups in total. The van der Waals surface area contributed by atoms with Crippen molar-refractivity contribution >= 4 is 112 Å². The van der Waals surface area contributed by atoms with Crippen molar-refractivity contribution in [3.8, 4) is 46.0 Å². The fourth-order valence-corrected chi connectivity index (χ4v) is 13.5. The van der Waals surface area contributed by atoms with Gasteiger partial charge in [-0.25, -0.2) is 0 Å². The lowest BCUT2D eigenvalue weighted by Crippen LogP contribution is -2.19. The van der Waals surface area contributed by atoms with Crippen LogP contribution in [0, 0.1) is 21.6 Å². The Bertz CT molecular complexity index is 5150. The Kier molecular flexibility index (Phi) is 13.4. The Morgan fingerprint density at radius 1 is 0.354 bits per heavy atom. The van der Waals surface area contributed by atoms with Crippen LogP contribution in [0.3, 0.4) is 0 Å². The van der Waals surface area contributed by atoms with E-state index in [9.17, 15) is 75.7 Å². The van der Waals surface area contributed by atoms with Gasteiger partial charge in [0.15, 0.2) is 31.4 Å². The van der Waals surface area contributed by atoms with E-state index in [0.717, 1.165) is 115 Å². The molecular weight excluding hydrogens is 1150 g/mol. The molecule has 29 heteroatoms. The monoisotopic (exact) mass is 1180 g/mol. The van der Waals surface area contributed by atoms with Crippen LogP contribution in [0.15, 0.2) is 177 Å². The first-order valence-corrected chi connectivity index (χ1v) is 28.7. The molecule has 404 valence electrons. The summed E-state index contributed by atoms with van der Waals surface area (Å²) in [6.45, 7) is 0. The summed E-state index contributed by atoms with van der Waals surface area (Å²) in [4.78, 5) is 24.1. The van der Waals surface area contributed by atoms with Gasteiger partial charge in [0.2, 0.25) is 56.1 Å². The molecule has 10 aromatic rings. The Hall–Kier alpha value is -11.2. The maximum absolute atomic E-state index is 15.1. The average molecular weight is 1180 g/mol. The summed E-state index contributed by atoms with van der Waals surface area (Å²) in [6.07, 6.45) is 0. The van der Waals surface area contributed by atoms with Gasteiger partial charge in [0, 0.05) is 72.9 Å². The molecule has 25 nitrogen and oxygen atoms in total. The summed E-state index contributed by atoms with van der Waals surface area (Å²) in [5, 5.41) is 79.3. The molecular formula is C53H30N8O17S4+4. The lowest BCUT2D eigenvalue weighted by Gasteiger charge is -2.20. The Labute approximate surface area is 461 Å². The van der Waals surface area contributed by atoms with Crippen LogP contribution in [0.4, 0.5) is 22.7 Å². The number of fused-ring (bicyclic) bond motifs is 4. The van der Waals surface area contributed by atoms with Crippen LogP contribution in [0.5, 0.6) is 46.0 Å². The zero-order valence-electron chi connectivity index (χ0n) is 40.8. The van der Waals surface area contributed by atoms with Gasteiger partial charge in [-0.15, -0.1) is 0 Å². The maximum atomic E-state index is 15.1. The third-order valence-electron chi connectivity index (χ3n) is 12.6. The highest BCUT2D eigenvalue weighted by atomic mass is 32.2. The van der Waals surface area contributed by atoms with Crippen LogP contribution in [0.2, 0.25) is 0 Å². The molecule has 0 aliphatic rings. The molecule has 0 fully saturated rings. The number of hydrogen-bond donors (Lipinski definition) is 4. The maximum Gasteiger partial charge on any atom is 0.426 e. The van der Waals surface area contributed by atoms with Crippen molar-refractivity contribution < 1.29 is 75.6 Å². The van der Waals surface area contributed by atoms with Crippen LogP contribution in [0.1, 0.15) is 15.9 Å². The van der Waals surface area contributed by atoms with Crippen LogP contribution in [-0.2, 0) is 40.5 Å². The molecule has 82 heavy (non-hydrogen) atoms. The molecule has 0 aliphatic carbocycles. The van der Waals surface area contributed by atoms with Gasteiger partial charge in [-0.3, -0.25) is 4.79 Å². The summed E-state index contributed by atoms with van der Waals surface area (Å²) in [5.41, 5.74) is -2.97. The third kappa shape index (κ3) is 9.36. The second-order valence-corrected chi connectivity index (χ2v) is 23.4.